The Labute approximate surface area is 190 Å². The Hall–Kier alpha value is -3.02. The van der Waals surface area contributed by atoms with E-state index in [0.29, 0.717) is 11.5 Å². The van der Waals surface area contributed by atoms with Gasteiger partial charge < -0.3 is 19.2 Å². The normalized spacial score (nSPS) is 10.5. The zero-order chi connectivity index (χ0) is 22.4. The number of nitro benzene ring substituents is 1. The van der Waals surface area contributed by atoms with Gasteiger partial charge in [0.2, 0.25) is 5.91 Å². The van der Waals surface area contributed by atoms with Gasteiger partial charge in [-0.2, -0.15) is 0 Å². The van der Waals surface area contributed by atoms with Crippen molar-refractivity contribution in [3.05, 3.63) is 62.4 Å². The molecule has 162 valence electrons. The van der Waals surface area contributed by atoms with Crippen LogP contribution in [-0.2, 0) is 11.4 Å². The van der Waals surface area contributed by atoms with E-state index in [0.717, 1.165) is 23.9 Å². The van der Waals surface area contributed by atoms with Crippen LogP contribution < -0.4 is 14.8 Å². The first kappa shape index (κ1) is 22.7. The Morgan fingerprint density at radius 1 is 1.19 bits per heavy atom. The van der Waals surface area contributed by atoms with Crippen LogP contribution in [0.25, 0.3) is 0 Å². The highest BCUT2D eigenvalue weighted by Gasteiger charge is 2.17. The molecule has 0 atom stereocenters. The van der Waals surface area contributed by atoms with Gasteiger partial charge >= 0.3 is 0 Å². The van der Waals surface area contributed by atoms with E-state index >= 15 is 0 Å². The predicted octanol–water partition coefficient (Wildman–Crippen LogP) is 4.60. The van der Waals surface area contributed by atoms with Crippen molar-refractivity contribution in [2.75, 3.05) is 18.2 Å². The summed E-state index contributed by atoms with van der Waals surface area (Å²) in [5.41, 5.74) is -0.198. The maximum atomic E-state index is 12.2. The van der Waals surface area contributed by atoms with Crippen LogP contribution in [0.3, 0.4) is 0 Å². The minimum Gasteiger partial charge on any atom is -0.497 e. The van der Waals surface area contributed by atoms with Crippen molar-refractivity contribution in [1.29, 1.82) is 0 Å². The number of nitro groups is 1. The van der Waals surface area contributed by atoms with Crippen LogP contribution in [0.15, 0.2) is 46.0 Å². The van der Waals surface area contributed by atoms with Crippen LogP contribution >= 0.6 is 35.0 Å². The van der Waals surface area contributed by atoms with Crippen LogP contribution in [0.2, 0.25) is 10.0 Å². The van der Waals surface area contributed by atoms with Crippen molar-refractivity contribution >= 4 is 52.2 Å². The first-order valence-corrected chi connectivity index (χ1v) is 10.2. The number of carbonyl (C=O) groups excluding carboxylic acids is 1. The number of halogens is 2. The third kappa shape index (κ3) is 6.23. The summed E-state index contributed by atoms with van der Waals surface area (Å²) in [5, 5.41) is 21.1. The quantitative estimate of drug-likeness (QED) is 0.262. The molecule has 31 heavy (non-hydrogen) atoms. The van der Waals surface area contributed by atoms with E-state index in [9.17, 15) is 14.9 Å². The van der Waals surface area contributed by atoms with Gasteiger partial charge in [-0.15, -0.1) is 10.2 Å². The minimum absolute atomic E-state index is 0.0479. The lowest BCUT2D eigenvalue weighted by Crippen LogP contribution is -2.14. The van der Waals surface area contributed by atoms with E-state index in [2.05, 4.69) is 15.5 Å². The summed E-state index contributed by atoms with van der Waals surface area (Å²) in [5.74, 6) is 1.00. The molecular formula is C18H14Cl2N4O6S. The molecule has 10 nitrogen and oxygen atoms in total. The number of rotatable bonds is 9. The molecule has 0 bridgehead atoms. The number of thioether (sulfide) groups is 1. The van der Waals surface area contributed by atoms with Gasteiger partial charge in [-0.1, -0.05) is 35.0 Å². The Balaban J connectivity index is 1.51. The molecule has 1 heterocycles. The van der Waals surface area contributed by atoms with Crippen molar-refractivity contribution in [3.8, 4) is 11.5 Å². The fourth-order valence-electron chi connectivity index (χ4n) is 2.26. The van der Waals surface area contributed by atoms with E-state index in [4.69, 9.17) is 37.1 Å². The molecule has 13 heteroatoms. The summed E-state index contributed by atoms with van der Waals surface area (Å²) in [6, 6.07) is 9.19. The number of aromatic nitrogens is 2. The van der Waals surface area contributed by atoms with Crippen molar-refractivity contribution < 1.29 is 23.6 Å². The third-order valence-electron chi connectivity index (χ3n) is 3.70. The molecule has 0 saturated carbocycles. The van der Waals surface area contributed by atoms with Gasteiger partial charge in [-0.25, -0.2) is 0 Å². The Kier molecular flexibility index (Phi) is 7.55. The highest BCUT2D eigenvalue weighted by atomic mass is 35.5. The van der Waals surface area contributed by atoms with Gasteiger partial charge in [-0.05, 0) is 24.3 Å². The number of non-ortho nitro benzene ring substituents is 1. The standard InChI is InChI=1S/C18H14Cl2N4O6S/c1-28-11-2-4-12(5-3-11)29-8-16-22-23-18(30-16)31-9-15(25)21-17-13(19)6-10(24(26)27)7-14(17)20/h2-7H,8-9H2,1H3,(H,21,25). The molecule has 1 amide bonds. The molecule has 3 aromatic rings. The van der Waals surface area contributed by atoms with E-state index in [-0.39, 0.29) is 44.9 Å². The summed E-state index contributed by atoms with van der Waals surface area (Å²) in [7, 11) is 1.57. The second-order valence-corrected chi connectivity index (χ2v) is 7.55. The van der Waals surface area contributed by atoms with E-state index in [1.54, 1.807) is 31.4 Å². The SMILES string of the molecule is COc1ccc(OCc2nnc(SCC(=O)Nc3c(Cl)cc([N+](=O)[O-])cc3Cl)o2)cc1. The van der Waals surface area contributed by atoms with Crippen molar-refractivity contribution in [3.63, 3.8) is 0 Å². The largest absolute Gasteiger partial charge is 0.497 e. The van der Waals surface area contributed by atoms with Crippen molar-refractivity contribution in [1.82, 2.24) is 10.2 Å². The molecule has 2 aromatic carbocycles. The number of anilines is 1. The maximum Gasteiger partial charge on any atom is 0.277 e. The van der Waals surface area contributed by atoms with E-state index in [1.165, 1.54) is 0 Å². The molecule has 0 unspecified atom stereocenters. The van der Waals surface area contributed by atoms with Crippen LogP contribution in [0, 0.1) is 10.1 Å². The molecule has 0 aliphatic rings. The Bertz CT molecular complexity index is 1070. The van der Waals surface area contributed by atoms with Crippen LogP contribution in [0.1, 0.15) is 5.89 Å². The van der Waals surface area contributed by atoms with E-state index in [1.807, 2.05) is 0 Å². The number of methoxy groups -OCH3 is 1. The molecule has 0 radical (unpaired) electrons. The summed E-state index contributed by atoms with van der Waals surface area (Å²) >= 11 is 12.9. The number of nitrogens with one attached hydrogen (secondary N) is 1. The second-order valence-electron chi connectivity index (χ2n) is 5.80. The minimum atomic E-state index is -0.634. The smallest absolute Gasteiger partial charge is 0.277 e. The lowest BCUT2D eigenvalue weighted by Gasteiger charge is -2.08. The van der Waals surface area contributed by atoms with Gasteiger partial charge in [0.15, 0.2) is 6.61 Å². The number of ether oxygens (including phenoxy) is 2. The third-order valence-corrected chi connectivity index (χ3v) is 5.11. The zero-order valence-electron chi connectivity index (χ0n) is 15.8. The molecule has 0 saturated heterocycles. The topological polar surface area (TPSA) is 130 Å². The molecule has 1 N–H and O–H groups in total. The highest BCUT2D eigenvalue weighted by molar-refractivity contribution is 7.99. The summed E-state index contributed by atoms with van der Waals surface area (Å²) in [6.45, 7) is 0.0557. The number of carbonyl (C=O) groups is 1. The molecule has 0 fully saturated rings. The van der Waals surface area contributed by atoms with Gasteiger partial charge in [-0.3, -0.25) is 14.9 Å². The van der Waals surface area contributed by atoms with E-state index < -0.39 is 10.8 Å². The van der Waals surface area contributed by atoms with Crippen molar-refractivity contribution in [2.45, 2.75) is 11.8 Å². The van der Waals surface area contributed by atoms with Gasteiger partial charge in [0.1, 0.15) is 11.5 Å². The number of hydrogen-bond donors (Lipinski definition) is 1. The Morgan fingerprint density at radius 2 is 1.84 bits per heavy atom. The molecule has 0 aliphatic heterocycles. The first-order chi connectivity index (χ1) is 14.9. The zero-order valence-corrected chi connectivity index (χ0v) is 18.2. The number of nitrogens with zero attached hydrogens (tertiary/aromatic N) is 3. The molecule has 1 aromatic heterocycles. The maximum absolute atomic E-state index is 12.2. The highest BCUT2D eigenvalue weighted by Crippen LogP contribution is 2.34. The molecule has 3 rings (SSSR count). The average Bonchev–Trinajstić information content (AvgIpc) is 3.21. The Morgan fingerprint density at radius 3 is 2.45 bits per heavy atom. The number of hydrogen-bond acceptors (Lipinski definition) is 9. The fourth-order valence-corrected chi connectivity index (χ4v) is 3.41. The van der Waals surface area contributed by atoms with Crippen LogP contribution in [0.4, 0.5) is 11.4 Å². The fraction of sp³-hybridized carbons (Fsp3) is 0.167. The van der Waals surface area contributed by atoms with Crippen molar-refractivity contribution in [2.24, 2.45) is 0 Å². The average molecular weight is 485 g/mol. The van der Waals surface area contributed by atoms with Crippen LogP contribution in [-0.4, -0.2) is 33.9 Å². The monoisotopic (exact) mass is 484 g/mol. The van der Waals surface area contributed by atoms with Crippen LogP contribution in [0.5, 0.6) is 11.5 Å². The number of amides is 1. The second kappa shape index (κ2) is 10.3. The first-order valence-electron chi connectivity index (χ1n) is 8.51. The predicted molar refractivity (Wildman–Crippen MR) is 114 cm³/mol. The number of benzene rings is 2. The summed E-state index contributed by atoms with van der Waals surface area (Å²) < 4.78 is 16.0. The van der Waals surface area contributed by atoms with Gasteiger partial charge in [0, 0.05) is 12.1 Å². The van der Waals surface area contributed by atoms with Gasteiger partial charge in [0.05, 0.1) is 33.5 Å². The summed E-state index contributed by atoms with van der Waals surface area (Å²) in [4.78, 5) is 22.4. The molecule has 0 spiro atoms. The summed E-state index contributed by atoms with van der Waals surface area (Å²) in [6.07, 6.45) is 0. The lowest BCUT2D eigenvalue weighted by molar-refractivity contribution is -0.384. The molecular weight excluding hydrogens is 471 g/mol. The lowest BCUT2D eigenvalue weighted by atomic mass is 10.3. The van der Waals surface area contributed by atoms with Gasteiger partial charge in [0.25, 0.3) is 16.8 Å². The molecule has 0 aliphatic carbocycles.